The van der Waals surface area contributed by atoms with Crippen LogP contribution in [-0.2, 0) is 12.4 Å². The third-order valence-electron chi connectivity index (χ3n) is 5.10. The molecule has 4 rings (SSSR count). The van der Waals surface area contributed by atoms with Gasteiger partial charge in [0, 0.05) is 41.0 Å². The largest absolute Gasteiger partial charge is 0.418 e. The highest BCUT2D eigenvalue weighted by Crippen LogP contribution is 2.41. The van der Waals surface area contributed by atoms with Gasteiger partial charge in [-0.15, -0.1) is 0 Å². The first-order valence-corrected chi connectivity index (χ1v) is 10.1. The highest BCUT2D eigenvalue weighted by atomic mass is 19.4. The summed E-state index contributed by atoms with van der Waals surface area (Å²) < 4.78 is 81.4. The highest BCUT2D eigenvalue weighted by Gasteiger charge is 2.36. The van der Waals surface area contributed by atoms with E-state index in [0.717, 1.165) is 24.3 Å². The summed E-state index contributed by atoms with van der Waals surface area (Å²) in [5.41, 5.74) is -2.52. The van der Waals surface area contributed by atoms with Crippen LogP contribution in [0.3, 0.4) is 0 Å². The van der Waals surface area contributed by atoms with Gasteiger partial charge in [-0.1, -0.05) is 18.2 Å². The molecule has 0 aliphatic carbocycles. The van der Waals surface area contributed by atoms with Crippen LogP contribution in [0.4, 0.5) is 32.0 Å². The average molecular weight is 487 g/mol. The summed E-state index contributed by atoms with van der Waals surface area (Å²) in [6, 6.07) is 13.4. The van der Waals surface area contributed by atoms with Gasteiger partial charge in [0.05, 0.1) is 16.8 Å². The fourth-order valence-electron chi connectivity index (χ4n) is 3.59. The Balaban J connectivity index is 1.74. The van der Waals surface area contributed by atoms with Crippen LogP contribution in [0, 0.1) is 0 Å². The Hall–Kier alpha value is -4.21. The zero-order chi connectivity index (χ0) is 25.2. The van der Waals surface area contributed by atoms with Crippen molar-refractivity contribution in [1.29, 1.82) is 0 Å². The molecular weight excluding hydrogens is 472 g/mol. The number of rotatable bonds is 4. The van der Waals surface area contributed by atoms with Crippen LogP contribution in [0.25, 0.3) is 22.4 Å². The standard InChI is InChI=1S/C25H15F6N3O/c26-24(27,28)18-6-2-8-20(21(18)15-9-12-32-13-10-15)34-23(35)17-5-1-4-16(14-17)22-19(25(29,30)31)7-3-11-33-22/h1-14H,(H,34,35). The number of anilines is 1. The molecular formula is C25H15F6N3O. The van der Waals surface area contributed by atoms with Crippen LogP contribution in [0.1, 0.15) is 21.5 Å². The number of amides is 1. The average Bonchev–Trinajstić information content (AvgIpc) is 2.83. The normalized spacial score (nSPS) is 11.8. The molecule has 0 radical (unpaired) electrons. The lowest BCUT2D eigenvalue weighted by molar-refractivity contribution is -0.138. The molecule has 2 aromatic carbocycles. The number of nitrogens with zero attached hydrogens (tertiary/aromatic N) is 2. The summed E-state index contributed by atoms with van der Waals surface area (Å²) in [6.45, 7) is 0. The van der Waals surface area contributed by atoms with Crippen molar-refractivity contribution in [2.24, 2.45) is 0 Å². The predicted octanol–water partition coefficient (Wildman–Crippen LogP) is 7.10. The number of halogens is 6. The quantitative estimate of drug-likeness (QED) is 0.313. The second kappa shape index (κ2) is 9.21. The molecule has 1 N–H and O–H groups in total. The SMILES string of the molecule is O=C(Nc1cccc(C(F)(F)F)c1-c1ccncc1)c1cccc(-c2ncccc2C(F)(F)F)c1. The highest BCUT2D eigenvalue weighted by molar-refractivity contribution is 6.07. The Bertz CT molecular complexity index is 1370. The number of pyridine rings is 2. The topological polar surface area (TPSA) is 54.9 Å². The molecule has 0 aliphatic heterocycles. The molecule has 178 valence electrons. The number of carbonyl (C=O) groups excluding carboxylic acids is 1. The van der Waals surface area contributed by atoms with Gasteiger partial charge in [0.15, 0.2) is 0 Å². The Morgan fingerprint density at radius 3 is 2.06 bits per heavy atom. The molecule has 4 aromatic rings. The van der Waals surface area contributed by atoms with Crippen molar-refractivity contribution in [2.45, 2.75) is 12.4 Å². The van der Waals surface area contributed by atoms with E-state index in [4.69, 9.17) is 0 Å². The number of nitrogens with one attached hydrogen (secondary N) is 1. The van der Waals surface area contributed by atoms with Crippen molar-refractivity contribution in [1.82, 2.24) is 9.97 Å². The molecule has 2 aromatic heterocycles. The molecule has 0 fully saturated rings. The Morgan fingerprint density at radius 1 is 0.714 bits per heavy atom. The summed E-state index contributed by atoms with van der Waals surface area (Å²) in [6.07, 6.45) is -5.53. The van der Waals surface area contributed by atoms with E-state index in [1.54, 1.807) is 0 Å². The molecule has 0 spiro atoms. The predicted molar refractivity (Wildman–Crippen MR) is 117 cm³/mol. The lowest BCUT2D eigenvalue weighted by Gasteiger charge is -2.18. The van der Waals surface area contributed by atoms with E-state index in [0.29, 0.717) is 0 Å². The number of alkyl halides is 6. The molecule has 0 bridgehead atoms. The van der Waals surface area contributed by atoms with E-state index in [9.17, 15) is 31.1 Å². The van der Waals surface area contributed by atoms with Crippen molar-refractivity contribution in [3.05, 3.63) is 102 Å². The molecule has 1 amide bonds. The van der Waals surface area contributed by atoms with E-state index in [1.807, 2.05) is 0 Å². The van der Waals surface area contributed by atoms with Crippen LogP contribution in [0.15, 0.2) is 85.3 Å². The minimum absolute atomic E-state index is 0.0315. The second-order valence-electron chi connectivity index (χ2n) is 7.39. The van der Waals surface area contributed by atoms with Gasteiger partial charge in [0.1, 0.15) is 0 Å². The third-order valence-corrected chi connectivity index (χ3v) is 5.10. The van der Waals surface area contributed by atoms with Crippen molar-refractivity contribution in [3.8, 4) is 22.4 Å². The van der Waals surface area contributed by atoms with Gasteiger partial charge in [0.25, 0.3) is 5.91 Å². The molecule has 2 heterocycles. The maximum atomic E-state index is 13.7. The molecule has 0 saturated heterocycles. The van der Waals surface area contributed by atoms with Gasteiger partial charge in [-0.2, -0.15) is 26.3 Å². The first-order valence-electron chi connectivity index (χ1n) is 10.1. The molecule has 0 atom stereocenters. The van der Waals surface area contributed by atoms with Gasteiger partial charge in [-0.3, -0.25) is 14.8 Å². The minimum Gasteiger partial charge on any atom is -0.321 e. The third kappa shape index (κ3) is 5.16. The minimum atomic E-state index is -4.70. The summed E-state index contributed by atoms with van der Waals surface area (Å²) in [7, 11) is 0. The molecule has 0 aliphatic rings. The van der Waals surface area contributed by atoms with E-state index in [2.05, 4.69) is 15.3 Å². The van der Waals surface area contributed by atoms with Crippen molar-refractivity contribution in [3.63, 3.8) is 0 Å². The van der Waals surface area contributed by atoms with Crippen LogP contribution < -0.4 is 5.32 Å². The zero-order valence-corrected chi connectivity index (χ0v) is 17.7. The molecule has 0 saturated carbocycles. The lowest BCUT2D eigenvalue weighted by atomic mass is 9.97. The maximum absolute atomic E-state index is 13.7. The summed E-state index contributed by atoms with van der Waals surface area (Å²) >= 11 is 0. The second-order valence-corrected chi connectivity index (χ2v) is 7.39. The fourth-order valence-corrected chi connectivity index (χ4v) is 3.59. The lowest BCUT2D eigenvalue weighted by Crippen LogP contribution is -2.15. The molecule has 35 heavy (non-hydrogen) atoms. The van der Waals surface area contributed by atoms with Gasteiger partial charge in [-0.05, 0) is 54.1 Å². The van der Waals surface area contributed by atoms with Gasteiger partial charge in [0.2, 0.25) is 0 Å². The number of hydrogen-bond acceptors (Lipinski definition) is 3. The smallest absolute Gasteiger partial charge is 0.321 e. The number of benzene rings is 2. The van der Waals surface area contributed by atoms with E-state index >= 15 is 0 Å². The summed E-state index contributed by atoms with van der Waals surface area (Å²) in [5.74, 6) is -0.800. The van der Waals surface area contributed by atoms with Crippen LogP contribution in [-0.4, -0.2) is 15.9 Å². The van der Waals surface area contributed by atoms with Gasteiger partial charge < -0.3 is 5.32 Å². The van der Waals surface area contributed by atoms with Crippen LogP contribution in [0.2, 0.25) is 0 Å². The van der Waals surface area contributed by atoms with Crippen LogP contribution in [0.5, 0.6) is 0 Å². The van der Waals surface area contributed by atoms with E-state index in [-0.39, 0.29) is 33.6 Å². The summed E-state index contributed by atoms with van der Waals surface area (Å²) in [4.78, 5) is 20.6. The number of aromatic nitrogens is 2. The van der Waals surface area contributed by atoms with Crippen LogP contribution >= 0.6 is 0 Å². The zero-order valence-electron chi connectivity index (χ0n) is 17.7. The first kappa shape index (κ1) is 23.9. The van der Waals surface area contributed by atoms with E-state index < -0.39 is 29.4 Å². The number of carbonyl (C=O) groups is 1. The first-order chi connectivity index (χ1) is 16.6. The molecule has 0 unspecified atom stereocenters. The maximum Gasteiger partial charge on any atom is 0.418 e. The van der Waals surface area contributed by atoms with Crippen molar-refractivity contribution in [2.75, 3.05) is 5.32 Å². The Morgan fingerprint density at radius 2 is 1.37 bits per heavy atom. The van der Waals surface area contributed by atoms with Gasteiger partial charge >= 0.3 is 12.4 Å². The monoisotopic (exact) mass is 487 g/mol. The number of hydrogen-bond donors (Lipinski definition) is 1. The summed E-state index contributed by atoms with van der Waals surface area (Å²) in [5, 5.41) is 2.46. The molecule has 10 heteroatoms. The van der Waals surface area contributed by atoms with Crippen molar-refractivity contribution >= 4 is 11.6 Å². The Labute approximate surface area is 195 Å². The molecule has 4 nitrogen and oxygen atoms in total. The van der Waals surface area contributed by atoms with E-state index in [1.165, 1.54) is 61.1 Å². The fraction of sp³-hybridized carbons (Fsp3) is 0.0800. The van der Waals surface area contributed by atoms with Crippen molar-refractivity contribution < 1.29 is 31.1 Å². The Kier molecular flexibility index (Phi) is 6.29. The van der Waals surface area contributed by atoms with Gasteiger partial charge in [-0.25, -0.2) is 0 Å².